The van der Waals surface area contributed by atoms with Crippen molar-refractivity contribution in [3.63, 3.8) is 0 Å². The molecule has 114 valence electrons. The molecule has 0 aliphatic carbocycles. The van der Waals surface area contributed by atoms with Crippen molar-refractivity contribution < 1.29 is 4.74 Å². The highest BCUT2D eigenvalue weighted by Gasteiger charge is 2.21. The summed E-state index contributed by atoms with van der Waals surface area (Å²) in [7, 11) is 1.74. The van der Waals surface area contributed by atoms with Crippen molar-refractivity contribution in [2.75, 3.05) is 38.7 Å². The number of likely N-dealkylation sites (N-methyl/N-ethyl adjacent to an activating group) is 1. The van der Waals surface area contributed by atoms with Crippen molar-refractivity contribution in [1.82, 2.24) is 14.5 Å². The summed E-state index contributed by atoms with van der Waals surface area (Å²) in [4.78, 5) is 7.14. The second kappa shape index (κ2) is 7.09. The molecular weight excluding hydrogens is 252 g/mol. The van der Waals surface area contributed by atoms with Crippen molar-refractivity contribution in [3.05, 3.63) is 11.9 Å². The van der Waals surface area contributed by atoms with Gasteiger partial charge in [0, 0.05) is 25.9 Å². The minimum Gasteiger partial charge on any atom is -0.383 e. The maximum atomic E-state index is 5.26. The van der Waals surface area contributed by atoms with E-state index in [9.17, 15) is 0 Å². The van der Waals surface area contributed by atoms with Crippen LogP contribution in [-0.2, 0) is 4.74 Å². The van der Waals surface area contributed by atoms with E-state index in [1.165, 1.54) is 19.4 Å². The average molecular weight is 280 g/mol. The Hall–Kier alpha value is -1.07. The number of nitrogens with zero attached hydrogens (tertiary/aromatic N) is 3. The van der Waals surface area contributed by atoms with E-state index in [1.54, 1.807) is 7.11 Å². The van der Waals surface area contributed by atoms with Crippen LogP contribution >= 0.6 is 0 Å². The average Bonchev–Trinajstić information content (AvgIpc) is 2.80. The van der Waals surface area contributed by atoms with Gasteiger partial charge in [0.05, 0.1) is 18.3 Å². The molecule has 0 spiro atoms. The van der Waals surface area contributed by atoms with Crippen LogP contribution in [0, 0.1) is 6.92 Å². The molecule has 1 saturated heterocycles. The van der Waals surface area contributed by atoms with Gasteiger partial charge in [-0.3, -0.25) is 0 Å². The third-order valence-corrected chi connectivity index (χ3v) is 4.02. The van der Waals surface area contributed by atoms with Crippen molar-refractivity contribution in [1.29, 1.82) is 0 Å². The molecule has 1 aromatic heterocycles. The molecule has 2 rings (SSSR count). The lowest BCUT2D eigenvalue weighted by Crippen LogP contribution is -2.42. The second-order valence-electron chi connectivity index (χ2n) is 5.79. The Morgan fingerprint density at radius 3 is 3.05 bits per heavy atom. The summed E-state index contributed by atoms with van der Waals surface area (Å²) in [6.45, 7) is 10.6. The van der Waals surface area contributed by atoms with Crippen molar-refractivity contribution >= 4 is 5.95 Å². The van der Waals surface area contributed by atoms with E-state index in [0.717, 1.165) is 24.7 Å². The minimum atomic E-state index is 0.301. The first-order valence-electron chi connectivity index (χ1n) is 7.67. The molecule has 1 fully saturated rings. The zero-order valence-electron chi connectivity index (χ0n) is 13.2. The van der Waals surface area contributed by atoms with Crippen molar-refractivity contribution in [3.8, 4) is 0 Å². The highest BCUT2D eigenvalue weighted by molar-refractivity contribution is 5.31. The number of likely N-dealkylation sites (tertiary alicyclic amines) is 1. The van der Waals surface area contributed by atoms with Gasteiger partial charge in [-0.25, -0.2) is 4.98 Å². The zero-order valence-corrected chi connectivity index (χ0v) is 13.2. The molecule has 2 unspecified atom stereocenters. The number of aryl methyl sites for hydroxylation is 1. The summed E-state index contributed by atoms with van der Waals surface area (Å²) < 4.78 is 7.46. The van der Waals surface area contributed by atoms with Crippen LogP contribution < -0.4 is 5.32 Å². The number of rotatable bonds is 6. The van der Waals surface area contributed by atoms with Crippen molar-refractivity contribution in [2.24, 2.45) is 0 Å². The number of aromatic nitrogens is 2. The van der Waals surface area contributed by atoms with Gasteiger partial charge in [-0.05, 0) is 39.8 Å². The molecule has 2 atom stereocenters. The molecule has 0 radical (unpaired) electrons. The lowest BCUT2D eigenvalue weighted by Gasteiger charge is -2.32. The number of anilines is 1. The lowest BCUT2D eigenvalue weighted by atomic mass is 10.1. The minimum absolute atomic E-state index is 0.301. The van der Waals surface area contributed by atoms with Gasteiger partial charge in [-0.1, -0.05) is 6.92 Å². The standard InChI is InChI=1S/C15H28N4O/c1-5-18-8-6-7-14(10-18)17-15-16-12(2)9-19(15)13(3)11-20-4/h9,13-14H,5-8,10-11H2,1-4H3,(H,16,17). The van der Waals surface area contributed by atoms with Crippen LogP contribution in [0.5, 0.6) is 0 Å². The molecular formula is C15H28N4O. The van der Waals surface area contributed by atoms with Crippen LogP contribution in [0.25, 0.3) is 0 Å². The summed E-state index contributed by atoms with van der Waals surface area (Å²) in [5, 5.41) is 3.63. The Morgan fingerprint density at radius 1 is 1.55 bits per heavy atom. The summed E-state index contributed by atoms with van der Waals surface area (Å²) in [6.07, 6.45) is 4.59. The van der Waals surface area contributed by atoms with Crippen LogP contribution in [0.15, 0.2) is 6.20 Å². The molecule has 1 aliphatic heterocycles. The topological polar surface area (TPSA) is 42.3 Å². The van der Waals surface area contributed by atoms with E-state index in [2.05, 4.69) is 39.8 Å². The summed E-state index contributed by atoms with van der Waals surface area (Å²) >= 11 is 0. The number of nitrogens with one attached hydrogen (secondary N) is 1. The third kappa shape index (κ3) is 3.73. The Bertz CT molecular complexity index is 418. The second-order valence-corrected chi connectivity index (χ2v) is 5.79. The van der Waals surface area contributed by atoms with Gasteiger partial charge in [0.2, 0.25) is 5.95 Å². The van der Waals surface area contributed by atoms with Crippen LogP contribution in [0.2, 0.25) is 0 Å². The van der Waals surface area contributed by atoms with Gasteiger partial charge in [0.15, 0.2) is 0 Å². The molecule has 2 heterocycles. The fourth-order valence-electron chi connectivity index (χ4n) is 2.92. The predicted molar refractivity (Wildman–Crippen MR) is 82.3 cm³/mol. The van der Waals surface area contributed by atoms with Crippen molar-refractivity contribution in [2.45, 2.75) is 45.7 Å². The first-order valence-corrected chi connectivity index (χ1v) is 7.67. The molecule has 1 aromatic rings. The fourth-order valence-corrected chi connectivity index (χ4v) is 2.92. The van der Waals surface area contributed by atoms with Crippen LogP contribution in [0.3, 0.4) is 0 Å². The SMILES string of the molecule is CCN1CCCC(Nc2nc(C)cn2C(C)COC)C1. The highest BCUT2D eigenvalue weighted by Crippen LogP contribution is 2.20. The lowest BCUT2D eigenvalue weighted by molar-refractivity contribution is 0.162. The molecule has 0 amide bonds. The van der Waals surface area contributed by atoms with Gasteiger partial charge >= 0.3 is 0 Å². The van der Waals surface area contributed by atoms with E-state index in [1.807, 2.05) is 6.92 Å². The first-order chi connectivity index (χ1) is 9.63. The van der Waals surface area contributed by atoms with E-state index < -0.39 is 0 Å². The third-order valence-electron chi connectivity index (χ3n) is 4.02. The molecule has 0 bridgehead atoms. The Morgan fingerprint density at radius 2 is 2.35 bits per heavy atom. The fraction of sp³-hybridized carbons (Fsp3) is 0.800. The first kappa shape index (κ1) is 15.3. The number of imidazole rings is 1. The molecule has 5 heteroatoms. The summed E-state index contributed by atoms with van der Waals surface area (Å²) in [5.41, 5.74) is 1.05. The number of hydrogen-bond donors (Lipinski definition) is 1. The monoisotopic (exact) mass is 280 g/mol. The number of hydrogen-bond acceptors (Lipinski definition) is 4. The smallest absolute Gasteiger partial charge is 0.203 e. The molecule has 5 nitrogen and oxygen atoms in total. The van der Waals surface area contributed by atoms with E-state index in [4.69, 9.17) is 4.74 Å². The molecule has 20 heavy (non-hydrogen) atoms. The maximum absolute atomic E-state index is 5.26. The zero-order chi connectivity index (χ0) is 14.5. The Balaban J connectivity index is 2.04. The largest absolute Gasteiger partial charge is 0.383 e. The van der Waals surface area contributed by atoms with Crippen LogP contribution in [-0.4, -0.2) is 53.8 Å². The van der Waals surface area contributed by atoms with Crippen LogP contribution in [0.1, 0.15) is 38.4 Å². The van der Waals surface area contributed by atoms with E-state index in [0.29, 0.717) is 18.7 Å². The highest BCUT2D eigenvalue weighted by atomic mass is 16.5. The van der Waals surface area contributed by atoms with Gasteiger partial charge in [0.1, 0.15) is 0 Å². The summed E-state index contributed by atoms with van der Waals surface area (Å²) in [6, 6.07) is 0.800. The van der Waals surface area contributed by atoms with Gasteiger partial charge < -0.3 is 19.5 Å². The van der Waals surface area contributed by atoms with E-state index in [-0.39, 0.29) is 0 Å². The Labute approximate surface area is 122 Å². The van der Waals surface area contributed by atoms with Gasteiger partial charge in [-0.2, -0.15) is 0 Å². The summed E-state index contributed by atoms with van der Waals surface area (Å²) in [5.74, 6) is 0.981. The Kier molecular flexibility index (Phi) is 5.43. The normalized spacial score (nSPS) is 21.9. The number of piperidine rings is 1. The molecule has 0 saturated carbocycles. The molecule has 1 aliphatic rings. The quantitative estimate of drug-likeness (QED) is 0.868. The van der Waals surface area contributed by atoms with E-state index >= 15 is 0 Å². The molecule has 1 N–H and O–H groups in total. The van der Waals surface area contributed by atoms with Gasteiger partial charge in [0.25, 0.3) is 0 Å². The predicted octanol–water partition coefficient (Wildman–Crippen LogP) is 2.30. The maximum Gasteiger partial charge on any atom is 0.203 e. The number of methoxy groups -OCH3 is 1. The molecule has 0 aromatic carbocycles. The van der Waals surface area contributed by atoms with Gasteiger partial charge in [-0.15, -0.1) is 0 Å². The van der Waals surface area contributed by atoms with Crippen LogP contribution in [0.4, 0.5) is 5.95 Å². The number of ether oxygens (including phenoxy) is 1.